The van der Waals surface area contributed by atoms with Crippen LogP contribution < -0.4 is 0 Å². The minimum absolute atomic E-state index is 0.0584. The number of hydrogen-bond acceptors (Lipinski definition) is 5. The summed E-state index contributed by atoms with van der Waals surface area (Å²) in [5, 5.41) is 17.1. The number of nitrogens with zero attached hydrogens (tertiary/aromatic N) is 4. The highest BCUT2D eigenvalue weighted by atomic mass is 16.5. The van der Waals surface area contributed by atoms with Gasteiger partial charge in [-0.05, 0) is 31.6 Å². The lowest BCUT2D eigenvalue weighted by atomic mass is 9.36. The second-order valence-electron chi connectivity index (χ2n) is 5.40. The van der Waals surface area contributed by atoms with Crippen LogP contribution in [0, 0.1) is 22.2 Å². The number of carbonyl (C=O) groups excluding carboxylic acids is 1. The molecule has 94 valence electrons. The van der Waals surface area contributed by atoms with Crippen LogP contribution in [0.3, 0.4) is 0 Å². The molecule has 0 saturated heterocycles. The summed E-state index contributed by atoms with van der Waals surface area (Å²) in [7, 11) is 0. The van der Waals surface area contributed by atoms with Gasteiger partial charge in [0, 0.05) is 0 Å². The molecule has 0 atom stereocenters. The summed E-state index contributed by atoms with van der Waals surface area (Å²) in [5.74, 6) is -0.435. The summed E-state index contributed by atoms with van der Waals surface area (Å²) in [6.45, 7) is 2.78. The van der Waals surface area contributed by atoms with E-state index in [1.54, 1.807) is 11.7 Å². The van der Waals surface area contributed by atoms with E-state index in [9.17, 15) is 4.79 Å². The van der Waals surface area contributed by atoms with Crippen LogP contribution in [0.5, 0.6) is 0 Å². The van der Waals surface area contributed by atoms with Crippen molar-refractivity contribution in [2.75, 3.05) is 6.61 Å². The van der Waals surface area contributed by atoms with Crippen molar-refractivity contribution in [1.82, 2.24) is 15.0 Å². The SMILES string of the molecule is CCOC(=O)c1cnn(CC23CC(C#N)(C2)C3)n1. The molecule has 1 aromatic heterocycles. The Balaban J connectivity index is 1.63. The van der Waals surface area contributed by atoms with Gasteiger partial charge >= 0.3 is 5.97 Å². The molecule has 3 aliphatic rings. The van der Waals surface area contributed by atoms with E-state index in [0.717, 1.165) is 19.3 Å². The maximum Gasteiger partial charge on any atom is 0.360 e. The Hall–Kier alpha value is -1.90. The van der Waals surface area contributed by atoms with Crippen molar-refractivity contribution in [1.29, 1.82) is 5.26 Å². The molecular formula is C12H14N4O2. The summed E-state index contributed by atoms with van der Waals surface area (Å²) in [6, 6.07) is 2.37. The zero-order chi connectivity index (χ0) is 12.8. The van der Waals surface area contributed by atoms with Crippen molar-refractivity contribution in [3.05, 3.63) is 11.9 Å². The number of hydrogen-bond donors (Lipinski definition) is 0. The van der Waals surface area contributed by atoms with Gasteiger partial charge in [0.25, 0.3) is 0 Å². The van der Waals surface area contributed by atoms with Gasteiger partial charge in [0.2, 0.25) is 0 Å². The molecule has 2 bridgehead atoms. The maximum absolute atomic E-state index is 11.4. The highest BCUT2D eigenvalue weighted by Gasteiger charge is 2.68. The lowest BCUT2D eigenvalue weighted by molar-refractivity contribution is -0.175. The third-order valence-corrected chi connectivity index (χ3v) is 3.88. The minimum Gasteiger partial charge on any atom is -0.461 e. The van der Waals surface area contributed by atoms with Crippen molar-refractivity contribution in [2.24, 2.45) is 10.8 Å². The van der Waals surface area contributed by atoms with E-state index in [1.165, 1.54) is 6.20 Å². The lowest BCUT2D eigenvalue weighted by Crippen LogP contribution is -2.62. The molecule has 4 rings (SSSR count). The number of nitriles is 1. The van der Waals surface area contributed by atoms with Crippen LogP contribution in [0.15, 0.2) is 6.20 Å². The average Bonchev–Trinajstić information content (AvgIpc) is 2.70. The third kappa shape index (κ3) is 1.50. The Morgan fingerprint density at radius 2 is 2.33 bits per heavy atom. The molecule has 0 aliphatic heterocycles. The molecular weight excluding hydrogens is 232 g/mol. The molecule has 0 spiro atoms. The van der Waals surface area contributed by atoms with E-state index in [1.807, 2.05) is 0 Å². The lowest BCUT2D eigenvalue weighted by Gasteiger charge is -2.66. The van der Waals surface area contributed by atoms with Crippen molar-refractivity contribution in [2.45, 2.75) is 32.7 Å². The van der Waals surface area contributed by atoms with Gasteiger partial charge in [-0.15, -0.1) is 5.10 Å². The van der Waals surface area contributed by atoms with Gasteiger partial charge < -0.3 is 4.74 Å². The van der Waals surface area contributed by atoms with Crippen LogP contribution in [-0.2, 0) is 11.3 Å². The monoisotopic (exact) mass is 246 g/mol. The molecule has 1 aromatic rings. The van der Waals surface area contributed by atoms with Gasteiger partial charge in [-0.2, -0.15) is 15.2 Å². The predicted octanol–water partition coefficient (Wildman–Crippen LogP) is 1.15. The molecule has 1 heterocycles. The largest absolute Gasteiger partial charge is 0.461 e. The molecule has 0 amide bonds. The van der Waals surface area contributed by atoms with Crippen molar-refractivity contribution >= 4 is 5.97 Å². The molecule has 0 unspecified atom stereocenters. The van der Waals surface area contributed by atoms with E-state index in [2.05, 4.69) is 16.3 Å². The quantitative estimate of drug-likeness (QED) is 0.744. The van der Waals surface area contributed by atoms with Gasteiger partial charge in [0.1, 0.15) is 0 Å². The number of esters is 1. The Morgan fingerprint density at radius 3 is 2.94 bits per heavy atom. The van der Waals surface area contributed by atoms with Crippen LogP contribution >= 0.6 is 0 Å². The Kier molecular flexibility index (Phi) is 2.21. The molecule has 6 heteroatoms. The fraction of sp³-hybridized carbons (Fsp3) is 0.667. The third-order valence-electron chi connectivity index (χ3n) is 3.88. The summed E-state index contributed by atoms with van der Waals surface area (Å²) in [5.41, 5.74) is 0.385. The van der Waals surface area contributed by atoms with Crippen molar-refractivity contribution in [3.8, 4) is 6.07 Å². The van der Waals surface area contributed by atoms with E-state index in [4.69, 9.17) is 10.00 Å². The molecule has 18 heavy (non-hydrogen) atoms. The molecule has 0 radical (unpaired) electrons. The van der Waals surface area contributed by atoms with Gasteiger partial charge in [-0.1, -0.05) is 0 Å². The zero-order valence-electron chi connectivity index (χ0n) is 10.2. The Morgan fingerprint density at radius 1 is 1.61 bits per heavy atom. The molecule has 3 fully saturated rings. The smallest absolute Gasteiger partial charge is 0.360 e. The van der Waals surface area contributed by atoms with Crippen LogP contribution in [0.1, 0.15) is 36.7 Å². The normalized spacial score (nSPS) is 32.0. The second kappa shape index (κ2) is 3.55. The van der Waals surface area contributed by atoms with E-state index < -0.39 is 5.97 Å². The first-order chi connectivity index (χ1) is 8.60. The highest BCUT2D eigenvalue weighted by molar-refractivity contribution is 5.86. The summed E-state index contributed by atoms with van der Waals surface area (Å²) >= 11 is 0. The number of aromatic nitrogens is 3. The van der Waals surface area contributed by atoms with Gasteiger partial charge in [-0.3, -0.25) is 0 Å². The molecule has 0 aromatic carbocycles. The standard InChI is InChI=1S/C12H14N4O2/c1-2-18-10(17)9-3-14-16(15-9)8-12-4-11(5-12,6-12)7-13/h3H,2,4-6,8H2,1H3. The van der Waals surface area contributed by atoms with E-state index in [-0.39, 0.29) is 16.5 Å². The zero-order valence-corrected chi connectivity index (χ0v) is 10.2. The number of ether oxygens (including phenoxy) is 1. The number of rotatable bonds is 4. The number of carbonyl (C=O) groups is 1. The van der Waals surface area contributed by atoms with Gasteiger partial charge in [-0.25, -0.2) is 4.79 Å². The molecule has 3 aliphatic carbocycles. The Labute approximate surface area is 105 Å². The van der Waals surface area contributed by atoms with Crippen molar-refractivity contribution < 1.29 is 9.53 Å². The van der Waals surface area contributed by atoms with Crippen LogP contribution in [0.4, 0.5) is 0 Å². The van der Waals surface area contributed by atoms with Gasteiger partial charge in [0.15, 0.2) is 5.69 Å². The molecule has 3 saturated carbocycles. The summed E-state index contributed by atoms with van der Waals surface area (Å²) in [6.07, 6.45) is 4.25. The van der Waals surface area contributed by atoms with Crippen LogP contribution in [0.2, 0.25) is 0 Å². The molecule has 6 nitrogen and oxygen atoms in total. The summed E-state index contributed by atoms with van der Waals surface area (Å²) < 4.78 is 4.86. The predicted molar refractivity (Wildman–Crippen MR) is 60.3 cm³/mol. The Bertz CT molecular complexity index is 523. The molecule has 0 N–H and O–H groups in total. The first-order valence-electron chi connectivity index (χ1n) is 6.09. The summed E-state index contributed by atoms with van der Waals surface area (Å²) in [4.78, 5) is 13.0. The fourth-order valence-corrected chi connectivity index (χ4v) is 3.26. The van der Waals surface area contributed by atoms with Crippen LogP contribution in [0.25, 0.3) is 0 Å². The fourth-order valence-electron chi connectivity index (χ4n) is 3.26. The highest BCUT2D eigenvalue weighted by Crippen LogP contribution is 2.73. The van der Waals surface area contributed by atoms with Gasteiger partial charge in [0.05, 0.1) is 30.8 Å². The van der Waals surface area contributed by atoms with Crippen LogP contribution in [-0.4, -0.2) is 27.6 Å². The maximum atomic E-state index is 11.4. The average molecular weight is 246 g/mol. The first-order valence-corrected chi connectivity index (χ1v) is 6.09. The topological polar surface area (TPSA) is 80.8 Å². The van der Waals surface area contributed by atoms with E-state index in [0.29, 0.717) is 13.2 Å². The minimum atomic E-state index is -0.435. The van der Waals surface area contributed by atoms with E-state index >= 15 is 0 Å². The van der Waals surface area contributed by atoms with Crippen molar-refractivity contribution in [3.63, 3.8) is 0 Å². The first kappa shape index (κ1) is 11.2. The second-order valence-corrected chi connectivity index (χ2v) is 5.40.